The van der Waals surface area contributed by atoms with E-state index in [1.165, 1.54) is 58.0 Å². The van der Waals surface area contributed by atoms with Gasteiger partial charge in [0.2, 0.25) is 12.2 Å². The number of benzene rings is 1. The zero-order valence-corrected chi connectivity index (χ0v) is 24.6. The maximum atomic E-state index is 12.8. The normalized spacial score (nSPS) is 17.9. The first-order valence-electron chi connectivity index (χ1n) is 13.6. The van der Waals surface area contributed by atoms with Crippen molar-refractivity contribution < 1.29 is 48.4 Å². The maximum absolute atomic E-state index is 12.8. The largest absolute Gasteiger partial charge is 0.502 e. The molecule has 1 aromatic carbocycles. The first kappa shape index (κ1) is 32.4. The Labute approximate surface area is 256 Å². The summed E-state index contributed by atoms with van der Waals surface area (Å²) in [5.74, 6) is -4.11. The van der Waals surface area contributed by atoms with E-state index < -0.39 is 53.1 Å². The Morgan fingerprint density at radius 3 is 1.58 bits per heavy atom. The third kappa shape index (κ3) is 7.17. The summed E-state index contributed by atoms with van der Waals surface area (Å²) in [4.78, 5) is 74.4. The number of aliphatic hydroxyl groups is 2. The number of hydrogen-bond donors (Lipinski definition) is 6. The van der Waals surface area contributed by atoms with Crippen LogP contribution >= 0.6 is 0 Å². The monoisotopic (exact) mass is 620 g/mol. The molecule has 2 aromatic rings. The fraction of sp³-hybridized carbons (Fsp3) is 0.267. The lowest BCUT2D eigenvalue weighted by molar-refractivity contribution is -0.420. The number of aliphatic hydroxyl groups excluding tert-OH is 2. The number of hydrogen-bond acceptors (Lipinski definition) is 9. The van der Waals surface area contributed by atoms with Gasteiger partial charge in [0.1, 0.15) is 14.1 Å². The highest BCUT2D eigenvalue weighted by molar-refractivity contribution is 6.05. The van der Waals surface area contributed by atoms with Crippen molar-refractivity contribution in [2.24, 2.45) is 7.05 Å². The Kier molecular flexibility index (Phi) is 9.64. The first-order valence-corrected chi connectivity index (χ1v) is 13.6. The predicted octanol–water partition coefficient (Wildman–Crippen LogP) is -2.67. The molecule has 0 saturated heterocycles. The molecule has 2 atom stereocenters. The van der Waals surface area contributed by atoms with Gasteiger partial charge in [0.25, 0.3) is 23.3 Å². The van der Waals surface area contributed by atoms with Gasteiger partial charge in [0.15, 0.2) is 18.2 Å². The third-order valence-corrected chi connectivity index (χ3v) is 7.19. The number of likely N-dealkylation sites (N-methyl/N-ethyl adjacent to an activating group) is 2. The van der Waals surface area contributed by atoms with E-state index in [0.29, 0.717) is 16.7 Å². The van der Waals surface area contributed by atoms with Gasteiger partial charge in [0, 0.05) is 45.0 Å². The molecule has 3 heterocycles. The Morgan fingerprint density at radius 2 is 1.16 bits per heavy atom. The van der Waals surface area contributed by atoms with Gasteiger partial charge >= 0.3 is 11.8 Å². The molecule has 0 spiro atoms. The summed E-state index contributed by atoms with van der Waals surface area (Å²) in [6.07, 6.45) is 3.45. The SMILES string of the molecule is Cn1ccc(C(=O)NCc2cc(CNC(=O)C3=CC=[N+](C)C(=O)C3O)cc(CNC(=O)C3=CC=[N+](C)C(=O)C3O)c2)c(O)c1=O. The first-order chi connectivity index (χ1) is 21.3. The van der Waals surface area contributed by atoms with Gasteiger partial charge in [-0.2, -0.15) is 9.15 Å². The van der Waals surface area contributed by atoms with E-state index >= 15 is 0 Å². The molecule has 2 aliphatic rings. The highest BCUT2D eigenvalue weighted by atomic mass is 16.3. The molecule has 2 aliphatic heterocycles. The van der Waals surface area contributed by atoms with Gasteiger partial charge in [-0.3, -0.25) is 19.2 Å². The van der Waals surface area contributed by atoms with Crippen LogP contribution in [0.3, 0.4) is 0 Å². The molecule has 0 radical (unpaired) electrons. The van der Waals surface area contributed by atoms with Crippen LogP contribution in [0.2, 0.25) is 0 Å². The van der Waals surface area contributed by atoms with Gasteiger partial charge in [-0.1, -0.05) is 18.2 Å². The smallest absolute Gasteiger partial charge is 0.420 e. The quantitative estimate of drug-likeness (QED) is 0.161. The van der Waals surface area contributed by atoms with E-state index in [0.717, 1.165) is 13.7 Å². The molecular weight excluding hydrogens is 588 g/mol. The number of aryl methyl sites for hydroxylation is 1. The molecule has 5 amide bonds. The molecule has 0 saturated carbocycles. The molecule has 0 bridgehead atoms. The van der Waals surface area contributed by atoms with Crippen molar-refractivity contribution in [1.29, 1.82) is 0 Å². The Morgan fingerprint density at radius 1 is 0.756 bits per heavy atom. The molecular formula is C30H32N6O9+2. The molecule has 0 fully saturated rings. The lowest BCUT2D eigenvalue weighted by Crippen LogP contribution is -2.41. The third-order valence-electron chi connectivity index (χ3n) is 7.19. The zero-order valence-electron chi connectivity index (χ0n) is 24.6. The van der Waals surface area contributed by atoms with Crippen LogP contribution in [0.15, 0.2) is 58.6 Å². The minimum atomic E-state index is -1.63. The average molecular weight is 621 g/mol. The average Bonchev–Trinajstić information content (AvgIpc) is 3.01. The van der Waals surface area contributed by atoms with E-state index in [4.69, 9.17) is 0 Å². The van der Waals surface area contributed by atoms with Crippen LogP contribution in [0.4, 0.5) is 0 Å². The highest BCUT2D eigenvalue weighted by Crippen LogP contribution is 2.15. The minimum Gasteiger partial charge on any atom is -0.502 e. The predicted molar refractivity (Wildman–Crippen MR) is 157 cm³/mol. The molecule has 6 N–H and O–H groups in total. The van der Waals surface area contributed by atoms with Crippen LogP contribution in [-0.4, -0.2) is 97.3 Å². The maximum Gasteiger partial charge on any atom is 0.420 e. The zero-order chi connectivity index (χ0) is 33.0. The summed E-state index contributed by atoms with van der Waals surface area (Å²) in [5.41, 5.74) is 0.325. The van der Waals surface area contributed by atoms with Gasteiger partial charge in [-0.15, -0.1) is 0 Å². The van der Waals surface area contributed by atoms with Gasteiger partial charge in [-0.05, 0) is 22.8 Å². The van der Waals surface area contributed by atoms with Crippen LogP contribution in [-0.2, 0) is 45.9 Å². The molecule has 15 nitrogen and oxygen atoms in total. The number of aromatic hydroxyl groups is 1. The lowest BCUT2D eigenvalue weighted by Gasteiger charge is -2.16. The topological polar surface area (TPSA) is 210 Å². The van der Waals surface area contributed by atoms with Crippen molar-refractivity contribution in [1.82, 2.24) is 20.5 Å². The summed E-state index contributed by atoms with van der Waals surface area (Å²) in [6, 6.07) is 6.26. The van der Waals surface area contributed by atoms with Crippen molar-refractivity contribution >= 4 is 42.0 Å². The second-order valence-corrected chi connectivity index (χ2v) is 10.4. The van der Waals surface area contributed by atoms with Crippen LogP contribution in [0.25, 0.3) is 0 Å². The van der Waals surface area contributed by atoms with Gasteiger partial charge < -0.3 is 35.8 Å². The van der Waals surface area contributed by atoms with Crippen molar-refractivity contribution in [3.63, 3.8) is 0 Å². The van der Waals surface area contributed by atoms with Crippen molar-refractivity contribution in [2.75, 3.05) is 14.1 Å². The number of nitrogens with one attached hydrogen (secondary N) is 3. The highest BCUT2D eigenvalue weighted by Gasteiger charge is 2.35. The Bertz CT molecular complexity index is 1710. The van der Waals surface area contributed by atoms with Crippen LogP contribution < -0.4 is 21.5 Å². The second-order valence-electron chi connectivity index (χ2n) is 10.4. The number of aromatic nitrogens is 1. The molecule has 234 valence electrons. The van der Waals surface area contributed by atoms with E-state index in [2.05, 4.69) is 16.0 Å². The summed E-state index contributed by atoms with van der Waals surface area (Å²) < 4.78 is 3.43. The number of carbonyl (C=O) groups is 5. The van der Waals surface area contributed by atoms with E-state index in [1.807, 2.05) is 0 Å². The Balaban J connectivity index is 1.53. The summed E-state index contributed by atoms with van der Waals surface area (Å²) in [6.45, 7) is -0.203. The van der Waals surface area contributed by atoms with Crippen molar-refractivity contribution in [3.05, 3.63) is 86.4 Å². The van der Waals surface area contributed by atoms with Gasteiger partial charge in [-0.25, -0.2) is 9.59 Å². The van der Waals surface area contributed by atoms with E-state index in [-0.39, 0.29) is 36.3 Å². The summed E-state index contributed by atoms with van der Waals surface area (Å²) in [7, 11) is 4.31. The minimum absolute atomic E-state index is 0.0646. The summed E-state index contributed by atoms with van der Waals surface area (Å²) in [5, 5.41) is 38.4. The van der Waals surface area contributed by atoms with Crippen LogP contribution in [0.5, 0.6) is 5.75 Å². The summed E-state index contributed by atoms with van der Waals surface area (Å²) >= 11 is 0. The Hall–Kier alpha value is -5.54. The van der Waals surface area contributed by atoms with Crippen molar-refractivity contribution in [3.8, 4) is 5.75 Å². The second kappa shape index (κ2) is 13.4. The number of allylic oxidation sites excluding steroid dienone is 2. The van der Waals surface area contributed by atoms with Crippen molar-refractivity contribution in [2.45, 2.75) is 31.8 Å². The molecule has 2 unspecified atom stereocenters. The molecule has 15 heteroatoms. The molecule has 45 heavy (non-hydrogen) atoms. The lowest BCUT2D eigenvalue weighted by atomic mass is 10.0. The van der Waals surface area contributed by atoms with Crippen LogP contribution in [0.1, 0.15) is 27.0 Å². The number of pyridine rings is 1. The van der Waals surface area contributed by atoms with Gasteiger partial charge in [0.05, 0.1) is 16.7 Å². The molecule has 4 rings (SSSR count). The number of nitrogens with zero attached hydrogens (tertiary/aromatic N) is 3. The fourth-order valence-corrected chi connectivity index (χ4v) is 4.56. The standard InChI is InChI=1S/C30H30N6O9/c1-34-7-4-19(22(37)28(34)43)25(40)31-13-16-10-17(14-32-26(41)20-5-8-35(2)29(44)23(20)38)12-18(11-16)15-33-27(42)21-6-9-36(3)30(45)24(21)39/h4-12,22-23,37-38H,13-15H2,1-3H3,(H2-2,31,32,33,39,40,41,42)/p+2. The number of amides is 5. The number of carbonyl (C=O) groups excluding carboxylic acids is 5. The van der Waals surface area contributed by atoms with Crippen LogP contribution in [0, 0.1) is 0 Å². The molecule has 1 aromatic heterocycles. The van der Waals surface area contributed by atoms with E-state index in [9.17, 15) is 44.1 Å². The molecule has 0 aliphatic carbocycles. The fourth-order valence-electron chi connectivity index (χ4n) is 4.56. The number of rotatable bonds is 9. The van der Waals surface area contributed by atoms with E-state index in [1.54, 1.807) is 18.2 Å².